The summed E-state index contributed by atoms with van der Waals surface area (Å²) in [7, 11) is 0. The smallest absolute Gasteiger partial charge is 0.254 e. The monoisotopic (exact) mass is 365 g/mol. The molecule has 0 aromatic carbocycles. The molecule has 4 rings (SSSR count). The van der Waals surface area contributed by atoms with E-state index in [0.717, 1.165) is 69.8 Å². The average Bonchev–Trinajstić information content (AvgIpc) is 3.23. The first kappa shape index (κ1) is 17.9. The molecule has 2 aliphatic rings. The van der Waals surface area contributed by atoms with Crippen molar-refractivity contribution in [2.45, 2.75) is 38.3 Å². The molecule has 1 amide bonds. The lowest BCUT2D eigenvalue weighted by Gasteiger charge is -2.33. The maximum absolute atomic E-state index is 12.6. The summed E-state index contributed by atoms with van der Waals surface area (Å²) in [6, 6.07) is 8.18. The van der Waals surface area contributed by atoms with Gasteiger partial charge in [-0.2, -0.15) is 0 Å². The molecule has 0 bridgehead atoms. The topological polar surface area (TPSA) is 61.4 Å². The van der Waals surface area contributed by atoms with E-state index in [4.69, 9.17) is 0 Å². The van der Waals surface area contributed by atoms with E-state index in [1.54, 1.807) is 6.20 Å². The van der Waals surface area contributed by atoms with Gasteiger partial charge in [-0.25, -0.2) is 4.98 Å². The summed E-state index contributed by atoms with van der Waals surface area (Å²) in [4.78, 5) is 25.6. The number of nitrogens with zero attached hydrogens (tertiary/aromatic N) is 4. The Morgan fingerprint density at radius 3 is 2.85 bits per heavy atom. The molecule has 0 spiro atoms. The Hall–Kier alpha value is -2.47. The van der Waals surface area contributed by atoms with Gasteiger partial charge in [-0.05, 0) is 56.0 Å². The quantitative estimate of drug-likeness (QED) is 0.883. The van der Waals surface area contributed by atoms with E-state index in [1.807, 2.05) is 35.5 Å². The molecule has 1 N–H and O–H groups in total. The van der Waals surface area contributed by atoms with Gasteiger partial charge in [0.2, 0.25) is 0 Å². The number of hydrogen-bond acceptors (Lipinski definition) is 5. The second kappa shape index (κ2) is 8.48. The summed E-state index contributed by atoms with van der Waals surface area (Å²) in [5.74, 6) is 0.924. The molecular formula is C21H27N5O. The van der Waals surface area contributed by atoms with E-state index >= 15 is 0 Å². The highest BCUT2D eigenvalue weighted by atomic mass is 16.2. The zero-order chi connectivity index (χ0) is 18.5. The van der Waals surface area contributed by atoms with Crippen molar-refractivity contribution >= 4 is 11.7 Å². The molecule has 0 radical (unpaired) electrons. The Balaban J connectivity index is 1.37. The van der Waals surface area contributed by atoms with Crippen molar-refractivity contribution in [1.29, 1.82) is 0 Å². The number of likely N-dealkylation sites (tertiary alicyclic amines) is 2. The first-order valence-electron chi connectivity index (χ1n) is 9.91. The van der Waals surface area contributed by atoms with Crippen LogP contribution in [0.4, 0.5) is 5.82 Å². The average molecular weight is 365 g/mol. The number of aromatic nitrogens is 2. The fraction of sp³-hybridized carbons (Fsp3) is 0.476. The van der Waals surface area contributed by atoms with Gasteiger partial charge >= 0.3 is 0 Å². The highest BCUT2D eigenvalue weighted by Crippen LogP contribution is 2.19. The van der Waals surface area contributed by atoms with E-state index in [0.29, 0.717) is 6.04 Å². The lowest BCUT2D eigenvalue weighted by Crippen LogP contribution is -2.41. The molecule has 2 aromatic heterocycles. The van der Waals surface area contributed by atoms with Gasteiger partial charge in [0.25, 0.3) is 5.91 Å². The lowest BCUT2D eigenvalue weighted by atomic mass is 10.0. The first-order valence-corrected chi connectivity index (χ1v) is 9.91. The summed E-state index contributed by atoms with van der Waals surface area (Å²) in [5, 5.41) is 3.54. The van der Waals surface area contributed by atoms with E-state index < -0.39 is 0 Å². The van der Waals surface area contributed by atoms with Crippen molar-refractivity contribution in [3.8, 4) is 0 Å². The van der Waals surface area contributed by atoms with Crippen LogP contribution in [-0.4, -0.2) is 57.9 Å². The van der Waals surface area contributed by atoms with Gasteiger partial charge < -0.3 is 10.2 Å². The van der Waals surface area contributed by atoms with Crippen LogP contribution in [0.25, 0.3) is 0 Å². The highest BCUT2D eigenvalue weighted by Gasteiger charge is 2.22. The molecule has 2 fully saturated rings. The van der Waals surface area contributed by atoms with E-state index in [9.17, 15) is 4.79 Å². The summed E-state index contributed by atoms with van der Waals surface area (Å²) in [6.45, 7) is 4.74. The molecule has 2 saturated heterocycles. The van der Waals surface area contributed by atoms with Crippen LogP contribution in [0.3, 0.4) is 0 Å². The van der Waals surface area contributed by atoms with E-state index in [1.165, 1.54) is 5.56 Å². The van der Waals surface area contributed by atoms with Crippen molar-refractivity contribution in [2.75, 3.05) is 31.5 Å². The number of amides is 1. The maximum atomic E-state index is 12.6. The number of carbonyl (C=O) groups excluding carboxylic acids is 1. The molecule has 2 aromatic rings. The third kappa shape index (κ3) is 4.63. The summed E-state index contributed by atoms with van der Waals surface area (Å²) in [6.07, 6.45) is 9.98. The molecule has 0 aliphatic carbocycles. The normalized spacial score (nSPS) is 20.6. The molecule has 4 heterocycles. The molecule has 2 aliphatic heterocycles. The first-order chi connectivity index (χ1) is 13.3. The van der Waals surface area contributed by atoms with Crippen LogP contribution in [0.5, 0.6) is 0 Å². The second-order valence-electron chi connectivity index (χ2n) is 7.51. The van der Waals surface area contributed by atoms with Gasteiger partial charge in [0.15, 0.2) is 0 Å². The Kier molecular flexibility index (Phi) is 5.63. The molecule has 6 heteroatoms. The number of carbonyl (C=O) groups is 1. The van der Waals surface area contributed by atoms with Gasteiger partial charge in [0.05, 0.1) is 0 Å². The number of anilines is 1. The standard InChI is InChI=1S/C21H27N5O/c27-21(26-11-1-2-12-26)18-7-9-23-20(13-18)24-19-6-4-10-25(16-19)15-17-5-3-8-22-14-17/h3,5,7-9,13-14,19H,1-2,4,6,10-12,15-16H2,(H,23,24). The van der Waals surface area contributed by atoms with Crippen molar-refractivity contribution in [1.82, 2.24) is 19.8 Å². The van der Waals surface area contributed by atoms with Crippen LogP contribution in [0, 0.1) is 0 Å². The maximum Gasteiger partial charge on any atom is 0.254 e. The van der Waals surface area contributed by atoms with Gasteiger partial charge in [-0.1, -0.05) is 6.07 Å². The van der Waals surface area contributed by atoms with Crippen molar-refractivity contribution in [2.24, 2.45) is 0 Å². The molecule has 1 unspecified atom stereocenters. The minimum absolute atomic E-state index is 0.125. The van der Waals surface area contributed by atoms with Gasteiger partial charge in [0, 0.05) is 56.4 Å². The van der Waals surface area contributed by atoms with E-state index in [2.05, 4.69) is 26.3 Å². The SMILES string of the molecule is O=C(c1ccnc(NC2CCCN(Cc3cccnc3)C2)c1)N1CCCC1. The summed E-state index contributed by atoms with van der Waals surface area (Å²) >= 11 is 0. The van der Waals surface area contributed by atoms with Crippen LogP contribution < -0.4 is 5.32 Å². The fourth-order valence-corrected chi connectivity index (χ4v) is 4.02. The number of hydrogen-bond donors (Lipinski definition) is 1. The van der Waals surface area contributed by atoms with Gasteiger partial charge in [-0.3, -0.25) is 14.7 Å². The number of pyridine rings is 2. The highest BCUT2D eigenvalue weighted by molar-refractivity contribution is 5.95. The Bertz CT molecular complexity index is 760. The Labute approximate surface area is 160 Å². The van der Waals surface area contributed by atoms with Crippen LogP contribution in [0.1, 0.15) is 41.6 Å². The molecule has 1 atom stereocenters. The van der Waals surface area contributed by atoms with Crippen LogP contribution in [0.2, 0.25) is 0 Å². The van der Waals surface area contributed by atoms with Crippen LogP contribution in [-0.2, 0) is 6.54 Å². The molecule has 27 heavy (non-hydrogen) atoms. The molecule has 142 valence electrons. The molecule has 0 saturated carbocycles. The minimum atomic E-state index is 0.125. The van der Waals surface area contributed by atoms with Crippen LogP contribution >= 0.6 is 0 Å². The largest absolute Gasteiger partial charge is 0.366 e. The molecule has 6 nitrogen and oxygen atoms in total. The summed E-state index contributed by atoms with van der Waals surface area (Å²) in [5.41, 5.74) is 1.98. The van der Waals surface area contributed by atoms with E-state index in [-0.39, 0.29) is 5.91 Å². The zero-order valence-corrected chi connectivity index (χ0v) is 15.7. The third-order valence-electron chi connectivity index (χ3n) is 5.39. The molecular weight excluding hydrogens is 338 g/mol. The predicted octanol–water partition coefficient (Wildman–Crippen LogP) is 2.79. The Morgan fingerprint density at radius 1 is 1.15 bits per heavy atom. The number of nitrogens with one attached hydrogen (secondary N) is 1. The summed E-state index contributed by atoms with van der Waals surface area (Å²) < 4.78 is 0. The second-order valence-corrected chi connectivity index (χ2v) is 7.51. The van der Waals surface area contributed by atoms with Crippen molar-refractivity contribution < 1.29 is 4.79 Å². The van der Waals surface area contributed by atoms with Crippen molar-refractivity contribution in [3.05, 3.63) is 54.0 Å². The predicted molar refractivity (Wildman–Crippen MR) is 106 cm³/mol. The fourth-order valence-electron chi connectivity index (χ4n) is 4.02. The van der Waals surface area contributed by atoms with Crippen molar-refractivity contribution in [3.63, 3.8) is 0 Å². The third-order valence-corrected chi connectivity index (χ3v) is 5.39. The lowest BCUT2D eigenvalue weighted by molar-refractivity contribution is 0.0792. The van der Waals surface area contributed by atoms with Crippen LogP contribution in [0.15, 0.2) is 42.9 Å². The number of rotatable bonds is 5. The number of piperidine rings is 1. The van der Waals surface area contributed by atoms with Gasteiger partial charge in [-0.15, -0.1) is 0 Å². The minimum Gasteiger partial charge on any atom is -0.366 e. The van der Waals surface area contributed by atoms with Gasteiger partial charge in [0.1, 0.15) is 5.82 Å². The zero-order valence-electron chi connectivity index (χ0n) is 15.7. The Morgan fingerprint density at radius 2 is 2.04 bits per heavy atom.